The Morgan fingerprint density at radius 1 is 1.36 bits per heavy atom. The summed E-state index contributed by atoms with van der Waals surface area (Å²) in [7, 11) is 0. The van der Waals surface area contributed by atoms with E-state index >= 15 is 0 Å². The van der Waals surface area contributed by atoms with Crippen molar-refractivity contribution in [1.82, 2.24) is 0 Å². The molecule has 0 spiro atoms. The van der Waals surface area contributed by atoms with Crippen LogP contribution in [0, 0.1) is 5.92 Å². The molecule has 3 rings (SSSR count). The molecule has 72 valence electrons. The minimum absolute atomic E-state index is 0.514. The molecule has 0 bridgehead atoms. The number of hydrogen-bond acceptors (Lipinski definition) is 2. The number of para-hydroxylation sites is 1. The normalized spacial score (nSPS) is 28.8. The van der Waals surface area contributed by atoms with E-state index in [1.807, 2.05) is 6.07 Å². The van der Waals surface area contributed by atoms with Crippen molar-refractivity contribution >= 4 is 5.71 Å². The molecule has 0 amide bonds. The average molecular weight is 187 g/mol. The first-order valence-electron chi connectivity index (χ1n) is 5.11. The third kappa shape index (κ3) is 0.999. The molecule has 0 saturated heterocycles. The van der Waals surface area contributed by atoms with E-state index < -0.39 is 0 Å². The highest BCUT2D eigenvalue weighted by atomic mass is 16.5. The molecule has 0 N–H and O–H groups in total. The zero-order chi connectivity index (χ0) is 9.54. The van der Waals surface area contributed by atoms with Crippen LogP contribution < -0.4 is 4.74 Å². The lowest BCUT2D eigenvalue weighted by Gasteiger charge is -2.26. The van der Waals surface area contributed by atoms with Crippen LogP contribution in [-0.2, 0) is 0 Å². The predicted molar refractivity (Wildman–Crippen MR) is 56.1 cm³/mol. The highest BCUT2D eigenvalue weighted by molar-refractivity contribution is 5.95. The van der Waals surface area contributed by atoms with E-state index in [-0.39, 0.29) is 0 Å². The van der Waals surface area contributed by atoms with Crippen LogP contribution in [-0.4, -0.2) is 18.9 Å². The fourth-order valence-electron chi connectivity index (χ4n) is 2.44. The number of aliphatic imine (C=N–C) groups is 1. The van der Waals surface area contributed by atoms with Crippen molar-refractivity contribution in [2.24, 2.45) is 10.9 Å². The molecule has 0 radical (unpaired) electrons. The van der Waals surface area contributed by atoms with Gasteiger partial charge >= 0.3 is 0 Å². The number of fused-ring (bicyclic) bond motifs is 3. The standard InChI is InChI=1S/C12H13NO/c1-8-6-13-10-7-14-11-5-3-2-4-9(11)12(8)10/h2-5,8,12H,6-7H2,1H3/t8-,12-/m0/s1. The van der Waals surface area contributed by atoms with Gasteiger partial charge in [-0.15, -0.1) is 0 Å². The highest BCUT2D eigenvalue weighted by Crippen LogP contribution is 2.39. The van der Waals surface area contributed by atoms with E-state index in [0.717, 1.165) is 12.3 Å². The van der Waals surface area contributed by atoms with Crippen LogP contribution in [0.1, 0.15) is 18.4 Å². The molecule has 2 aliphatic rings. The number of ether oxygens (including phenoxy) is 1. The van der Waals surface area contributed by atoms with Gasteiger partial charge in [-0.1, -0.05) is 25.1 Å². The molecule has 0 fully saturated rings. The van der Waals surface area contributed by atoms with Crippen molar-refractivity contribution in [1.29, 1.82) is 0 Å². The van der Waals surface area contributed by atoms with Crippen molar-refractivity contribution in [3.63, 3.8) is 0 Å². The molecule has 2 atom stereocenters. The Labute approximate surface area is 83.6 Å². The second kappa shape index (κ2) is 2.84. The molecule has 0 unspecified atom stereocenters. The van der Waals surface area contributed by atoms with Gasteiger partial charge < -0.3 is 4.74 Å². The van der Waals surface area contributed by atoms with Gasteiger partial charge in [0.2, 0.25) is 0 Å². The number of nitrogens with zero attached hydrogens (tertiary/aromatic N) is 1. The summed E-state index contributed by atoms with van der Waals surface area (Å²) in [4.78, 5) is 4.53. The summed E-state index contributed by atoms with van der Waals surface area (Å²) in [5.41, 5.74) is 2.55. The third-order valence-electron chi connectivity index (χ3n) is 3.14. The Balaban J connectivity index is 2.12. The Bertz CT molecular complexity index is 397. The summed E-state index contributed by atoms with van der Waals surface area (Å²) >= 11 is 0. The summed E-state index contributed by atoms with van der Waals surface area (Å²) in [6.45, 7) is 3.91. The van der Waals surface area contributed by atoms with Crippen molar-refractivity contribution in [2.75, 3.05) is 13.2 Å². The molecular weight excluding hydrogens is 174 g/mol. The van der Waals surface area contributed by atoms with Crippen molar-refractivity contribution in [2.45, 2.75) is 12.8 Å². The maximum absolute atomic E-state index is 5.65. The summed E-state index contributed by atoms with van der Waals surface area (Å²) in [6.07, 6.45) is 0. The monoisotopic (exact) mass is 187 g/mol. The van der Waals surface area contributed by atoms with E-state index in [9.17, 15) is 0 Å². The van der Waals surface area contributed by atoms with Gasteiger partial charge in [-0.2, -0.15) is 0 Å². The lowest BCUT2D eigenvalue weighted by molar-refractivity contribution is 0.350. The van der Waals surface area contributed by atoms with Crippen LogP contribution in [0.2, 0.25) is 0 Å². The summed E-state index contributed by atoms with van der Waals surface area (Å²) in [5, 5.41) is 0. The zero-order valence-electron chi connectivity index (χ0n) is 8.23. The van der Waals surface area contributed by atoms with Crippen LogP contribution >= 0.6 is 0 Å². The predicted octanol–water partition coefficient (Wildman–Crippen LogP) is 2.25. The fraction of sp³-hybridized carbons (Fsp3) is 0.417. The van der Waals surface area contributed by atoms with Crippen LogP contribution in [0.15, 0.2) is 29.3 Å². The maximum atomic E-state index is 5.65. The van der Waals surface area contributed by atoms with E-state index in [1.165, 1.54) is 11.3 Å². The molecule has 2 heteroatoms. The number of benzene rings is 1. The number of rotatable bonds is 0. The molecule has 14 heavy (non-hydrogen) atoms. The molecule has 2 nitrogen and oxygen atoms in total. The van der Waals surface area contributed by atoms with E-state index in [1.54, 1.807) is 0 Å². The summed E-state index contributed by atoms with van der Waals surface area (Å²) in [5.74, 6) is 2.19. The molecule has 0 aromatic heterocycles. The summed E-state index contributed by atoms with van der Waals surface area (Å²) < 4.78 is 5.65. The SMILES string of the molecule is C[C@H]1CN=C2COc3ccccc3[C@@H]21. The van der Waals surface area contributed by atoms with Crippen molar-refractivity contribution in [3.8, 4) is 5.75 Å². The minimum atomic E-state index is 0.514. The maximum Gasteiger partial charge on any atom is 0.127 e. The summed E-state index contributed by atoms with van der Waals surface area (Å²) in [6, 6.07) is 8.32. The van der Waals surface area contributed by atoms with Gasteiger partial charge in [0.15, 0.2) is 0 Å². The third-order valence-corrected chi connectivity index (χ3v) is 3.14. The average Bonchev–Trinajstić information content (AvgIpc) is 2.61. The molecule has 2 aliphatic heterocycles. The van der Waals surface area contributed by atoms with Gasteiger partial charge in [0.05, 0.1) is 5.71 Å². The van der Waals surface area contributed by atoms with E-state index in [2.05, 4.69) is 30.1 Å². The second-order valence-electron chi connectivity index (χ2n) is 4.11. The molecule has 0 aliphatic carbocycles. The lowest BCUT2D eigenvalue weighted by Crippen LogP contribution is -2.26. The molecule has 1 aromatic rings. The first-order chi connectivity index (χ1) is 6.86. The first kappa shape index (κ1) is 8.04. The van der Waals surface area contributed by atoms with Gasteiger partial charge in [-0.3, -0.25) is 4.99 Å². The molecule has 2 heterocycles. The van der Waals surface area contributed by atoms with Gasteiger partial charge in [0.1, 0.15) is 12.4 Å². The van der Waals surface area contributed by atoms with Gasteiger partial charge in [-0.05, 0) is 12.0 Å². The highest BCUT2D eigenvalue weighted by Gasteiger charge is 2.34. The van der Waals surface area contributed by atoms with Gasteiger partial charge in [0, 0.05) is 18.0 Å². The number of hydrogen-bond donors (Lipinski definition) is 0. The Morgan fingerprint density at radius 2 is 2.21 bits per heavy atom. The molecule has 1 aromatic carbocycles. The topological polar surface area (TPSA) is 21.6 Å². The van der Waals surface area contributed by atoms with E-state index in [4.69, 9.17) is 4.74 Å². The molecule has 0 saturated carbocycles. The van der Waals surface area contributed by atoms with Crippen LogP contribution in [0.25, 0.3) is 0 Å². The molecular formula is C12H13NO. The van der Waals surface area contributed by atoms with Crippen molar-refractivity contribution < 1.29 is 4.74 Å². The van der Waals surface area contributed by atoms with Crippen LogP contribution in [0.3, 0.4) is 0 Å². The van der Waals surface area contributed by atoms with Crippen molar-refractivity contribution in [3.05, 3.63) is 29.8 Å². The van der Waals surface area contributed by atoms with Crippen LogP contribution in [0.5, 0.6) is 5.75 Å². The quantitative estimate of drug-likeness (QED) is 0.610. The lowest BCUT2D eigenvalue weighted by atomic mass is 9.84. The Kier molecular flexibility index (Phi) is 1.63. The Morgan fingerprint density at radius 3 is 3.14 bits per heavy atom. The smallest absolute Gasteiger partial charge is 0.127 e. The minimum Gasteiger partial charge on any atom is -0.487 e. The van der Waals surface area contributed by atoms with Gasteiger partial charge in [-0.25, -0.2) is 0 Å². The van der Waals surface area contributed by atoms with Gasteiger partial charge in [0.25, 0.3) is 0 Å². The zero-order valence-corrected chi connectivity index (χ0v) is 8.23. The van der Waals surface area contributed by atoms with Crippen LogP contribution in [0.4, 0.5) is 0 Å². The Hall–Kier alpha value is -1.31. The largest absolute Gasteiger partial charge is 0.487 e. The first-order valence-corrected chi connectivity index (χ1v) is 5.11. The van der Waals surface area contributed by atoms with E-state index in [0.29, 0.717) is 18.4 Å². The second-order valence-corrected chi connectivity index (χ2v) is 4.11. The fourth-order valence-corrected chi connectivity index (χ4v) is 2.44.